The number of nitrogens with zero attached hydrogens (tertiary/aromatic N) is 4. The van der Waals surface area contributed by atoms with Crippen molar-refractivity contribution in [2.75, 3.05) is 32.8 Å². The van der Waals surface area contributed by atoms with E-state index in [1.54, 1.807) is 6.92 Å². The fourth-order valence-electron chi connectivity index (χ4n) is 4.51. The van der Waals surface area contributed by atoms with E-state index in [1.165, 1.54) is 0 Å². The molecule has 3 aliphatic rings. The van der Waals surface area contributed by atoms with Crippen LogP contribution in [0.15, 0.2) is 0 Å². The minimum absolute atomic E-state index is 0.0344. The average Bonchev–Trinajstić information content (AvgIpc) is 3.23. The van der Waals surface area contributed by atoms with Crippen molar-refractivity contribution in [3.8, 4) is 0 Å². The number of rotatable bonds is 2. The molecule has 0 aromatic carbocycles. The molecule has 1 unspecified atom stereocenters. The Kier molecular flexibility index (Phi) is 4.93. The highest BCUT2D eigenvalue weighted by molar-refractivity contribution is 5.93. The molecular formula is C18H27N5O3. The largest absolute Gasteiger partial charge is 0.368 e. The Balaban J connectivity index is 1.35. The predicted molar refractivity (Wildman–Crippen MR) is 93.4 cm³/mol. The van der Waals surface area contributed by atoms with Crippen molar-refractivity contribution in [3.63, 3.8) is 0 Å². The van der Waals surface area contributed by atoms with Crippen LogP contribution in [0.25, 0.3) is 0 Å². The normalized spacial score (nSPS) is 29.3. The quantitative estimate of drug-likeness (QED) is 0.848. The molecule has 3 fully saturated rings. The van der Waals surface area contributed by atoms with Gasteiger partial charge in [-0.2, -0.15) is 15.4 Å². The zero-order valence-electron chi connectivity index (χ0n) is 15.3. The molecule has 0 spiro atoms. The van der Waals surface area contributed by atoms with Gasteiger partial charge in [0, 0.05) is 32.8 Å². The summed E-state index contributed by atoms with van der Waals surface area (Å²) in [6.07, 6.45) is 4.64. The topological polar surface area (TPSA) is 91.4 Å². The molecular weight excluding hydrogens is 334 g/mol. The zero-order chi connectivity index (χ0) is 18.1. The first kappa shape index (κ1) is 17.5. The molecule has 4 rings (SSSR count). The van der Waals surface area contributed by atoms with Crippen molar-refractivity contribution >= 4 is 11.8 Å². The maximum absolute atomic E-state index is 12.7. The third kappa shape index (κ3) is 3.34. The first-order valence-corrected chi connectivity index (χ1v) is 9.70. The van der Waals surface area contributed by atoms with E-state index in [1.807, 2.05) is 9.80 Å². The second-order valence-electron chi connectivity index (χ2n) is 7.75. The lowest BCUT2D eigenvalue weighted by molar-refractivity contribution is -0.146. The minimum atomic E-state index is -0.241. The number of hydrogen-bond acceptors (Lipinski definition) is 5. The maximum atomic E-state index is 12.7. The Hall–Kier alpha value is -1.96. The minimum Gasteiger partial charge on any atom is -0.368 e. The van der Waals surface area contributed by atoms with Crippen molar-refractivity contribution in [1.29, 1.82) is 0 Å². The average molecular weight is 361 g/mol. The van der Waals surface area contributed by atoms with Crippen LogP contribution in [0.2, 0.25) is 0 Å². The molecule has 0 saturated carbocycles. The van der Waals surface area contributed by atoms with Gasteiger partial charge in [0.15, 0.2) is 5.69 Å². The van der Waals surface area contributed by atoms with Crippen molar-refractivity contribution < 1.29 is 14.3 Å². The van der Waals surface area contributed by atoms with Crippen molar-refractivity contribution in [2.45, 2.75) is 45.1 Å². The number of H-pyrrole nitrogens is 1. The fourth-order valence-corrected chi connectivity index (χ4v) is 4.51. The van der Waals surface area contributed by atoms with Crippen LogP contribution in [0.5, 0.6) is 0 Å². The van der Waals surface area contributed by atoms with E-state index in [2.05, 4.69) is 15.4 Å². The number of ether oxygens (including phenoxy) is 1. The molecule has 1 aromatic rings. The molecule has 3 saturated heterocycles. The van der Waals surface area contributed by atoms with Gasteiger partial charge >= 0.3 is 0 Å². The van der Waals surface area contributed by atoms with Gasteiger partial charge in [0.1, 0.15) is 6.10 Å². The lowest BCUT2D eigenvalue weighted by Crippen LogP contribution is -2.42. The van der Waals surface area contributed by atoms with Gasteiger partial charge in [-0.15, -0.1) is 0 Å². The lowest BCUT2D eigenvalue weighted by atomic mass is 9.92. The molecule has 1 N–H and O–H groups in total. The molecule has 0 aliphatic carbocycles. The van der Waals surface area contributed by atoms with Gasteiger partial charge in [-0.05, 0) is 50.9 Å². The highest BCUT2D eigenvalue weighted by atomic mass is 16.5. The molecule has 4 heterocycles. The van der Waals surface area contributed by atoms with Crippen LogP contribution in [0, 0.1) is 18.8 Å². The number of likely N-dealkylation sites (tertiary alicyclic amines) is 2. The summed E-state index contributed by atoms with van der Waals surface area (Å²) in [5, 5.41) is 10.5. The van der Waals surface area contributed by atoms with Gasteiger partial charge < -0.3 is 14.5 Å². The fraction of sp³-hybridized carbons (Fsp3) is 0.778. The van der Waals surface area contributed by atoms with Crippen LogP contribution in [0.3, 0.4) is 0 Å². The van der Waals surface area contributed by atoms with Crippen LogP contribution in [-0.4, -0.2) is 75.9 Å². The highest BCUT2D eigenvalue weighted by Gasteiger charge is 2.39. The molecule has 0 radical (unpaired) electrons. The summed E-state index contributed by atoms with van der Waals surface area (Å²) in [5.41, 5.74) is 1.07. The summed E-state index contributed by atoms with van der Waals surface area (Å²) < 4.78 is 5.67. The number of fused-ring (bicyclic) bond motifs is 1. The van der Waals surface area contributed by atoms with Gasteiger partial charge in [0.2, 0.25) is 0 Å². The van der Waals surface area contributed by atoms with Crippen LogP contribution < -0.4 is 0 Å². The summed E-state index contributed by atoms with van der Waals surface area (Å²) in [7, 11) is 0. The van der Waals surface area contributed by atoms with Gasteiger partial charge in [-0.3, -0.25) is 9.59 Å². The van der Waals surface area contributed by atoms with E-state index in [0.717, 1.165) is 58.3 Å². The number of aromatic nitrogens is 3. The Labute approximate surface area is 153 Å². The van der Waals surface area contributed by atoms with Crippen LogP contribution in [0.4, 0.5) is 0 Å². The molecule has 26 heavy (non-hydrogen) atoms. The third-order valence-corrected chi connectivity index (χ3v) is 6.09. The Morgan fingerprint density at radius 1 is 1.04 bits per heavy atom. The van der Waals surface area contributed by atoms with E-state index in [-0.39, 0.29) is 17.9 Å². The summed E-state index contributed by atoms with van der Waals surface area (Å²) in [6.45, 7) is 5.53. The van der Waals surface area contributed by atoms with Gasteiger partial charge in [-0.25, -0.2) is 0 Å². The summed E-state index contributed by atoms with van der Waals surface area (Å²) in [5.74, 6) is 1.04. The molecule has 2 amide bonds. The van der Waals surface area contributed by atoms with E-state index in [4.69, 9.17) is 4.74 Å². The SMILES string of the molecule is Cc1n[nH]nc1C(=O)N1C[C@H]2CCN(C(=O)C3CCCCO3)CC[C@H]2C1. The van der Waals surface area contributed by atoms with Gasteiger partial charge in [0.25, 0.3) is 11.8 Å². The van der Waals surface area contributed by atoms with E-state index < -0.39 is 0 Å². The number of aromatic amines is 1. The van der Waals surface area contributed by atoms with Crippen LogP contribution in [0.1, 0.15) is 48.3 Å². The van der Waals surface area contributed by atoms with Crippen LogP contribution >= 0.6 is 0 Å². The van der Waals surface area contributed by atoms with E-state index in [0.29, 0.717) is 29.8 Å². The van der Waals surface area contributed by atoms with Crippen LogP contribution in [-0.2, 0) is 9.53 Å². The Bertz CT molecular complexity index is 654. The first-order chi connectivity index (χ1) is 12.6. The zero-order valence-corrected chi connectivity index (χ0v) is 15.3. The smallest absolute Gasteiger partial charge is 0.276 e. The molecule has 8 nitrogen and oxygen atoms in total. The summed E-state index contributed by atoms with van der Waals surface area (Å²) in [6, 6.07) is 0. The summed E-state index contributed by atoms with van der Waals surface area (Å²) >= 11 is 0. The molecule has 3 atom stereocenters. The molecule has 3 aliphatic heterocycles. The van der Waals surface area contributed by atoms with E-state index >= 15 is 0 Å². The number of hydrogen-bond donors (Lipinski definition) is 1. The molecule has 8 heteroatoms. The molecule has 142 valence electrons. The molecule has 1 aromatic heterocycles. The lowest BCUT2D eigenvalue weighted by Gasteiger charge is -2.29. The number of aryl methyl sites for hydroxylation is 1. The monoisotopic (exact) mass is 361 g/mol. The van der Waals surface area contributed by atoms with Gasteiger partial charge in [0.05, 0.1) is 5.69 Å². The maximum Gasteiger partial charge on any atom is 0.276 e. The number of carbonyl (C=O) groups is 2. The number of amides is 2. The second-order valence-corrected chi connectivity index (χ2v) is 7.75. The molecule has 0 bridgehead atoms. The highest BCUT2D eigenvalue weighted by Crippen LogP contribution is 2.33. The number of carbonyl (C=O) groups excluding carboxylic acids is 2. The summed E-state index contributed by atoms with van der Waals surface area (Å²) in [4.78, 5) is 29.3. The Morgan fingerprint density at radius 2 is 1.77 bits per heavy atom. The number of nitrogens with one attached hydrogen (secondary N) is 1. The van der Waals surface area contributed by atoms with Crippen molar-refractivity contribution in [1.82, 2.24) is 25.2 Å². The predicted octanol–water partition coefficient (Wildman–Crippen LogP) is 0.993. The standard InChI is InChI=1S/C18H27N5O3/c1-12-16(20-21-19-12)18(25)23-10-13-5-7-22(8-6-14(13)11-23)17(24)15-4-2-3-9-26-15/h13-15H,2-11H2,1H3,(H,19,20,21)/t13-,14+,15?. The van der Waals surface area contributed by atoms with Crippen molar-refractivity contribution in [3.05, 3.63) is 11.4 Å². The van der Waals surface area contributed by atoms with Gasteiger partial charge in [-0.1, -0.05) is 0 Å². The Morgan fingerprint density at radius 3 is 2.35 bits per heavy atom. The van der Waals surface area contributed by atoms with Crippen molar-refractivity contribution in [2.24, 2.45) is 11.8 Å². The third-order valence-electron chi connectivity index (χ3n) is 6.09. The van der Waals surface area contributed by atoms with E-state index in [9.17, 15) is 9.59 Å². The first-order valence-electron chi connectivity index (χ1n) is 9.70. The second kappa shape index (κ2) is 7.34.